The van der Waals surface area contributed by atoms with Crippen molar-refractivity contribution in [3.05, 3.63) is 94.0 Å². The third-order valence-electron chi connectivity index (χ3n) is 4.20. The second kappa shape index (κ2) is 10.4. The molecule has 2 N–H and O–H groups in total. The van der Waals surface area contributed by atoms with Crippen LogP contribution in [-0.4, -0.2) is 32.1 Å². The van der Waals surface area contributed by atoms with Gasteiger partial charge in [-0.25, -0.2) is 5.43 Å². The third kappa shape index (κ3) is 6.42. The molecule has 0 saturated carbocycles. The molecule has 0 spiro atoms. The summed E-state index contributed by atoms with van der Waals surface area (Å²) < 4.78 is 5.85. The van der Waals surface area contributed by atoms with Gasteiger partial charge in [-0.1, -0.05) is 30.3 Å². The van der Waals surface area contributed by atoms with Crippen LogP contribution in [-0.2, 0) is 4.79 Å². The highest BCUT2D eigenvalue weighted by molar-refractivity contribution is 9.10. The molecule has 0 aliphatic heterocycles. The average molecular weight is 481 g/mol. The number of anilines is 1. The minimum absolute atomic E-state index is 0.0595. The number of carbonyl (C=O) groups excluding carboxylic acids is 2. The lowest BCUT2D eigenvalue weighted by molar-refractivity contribution is -0.117. The summed E-state index contributed by atoms with van der Waals surface area (Å²) in [6.45, 7) is 0. The molecule has 1 aromatic heterocycles. The summed E-state index contributed by atoms with van der Waals surface area (Å²) in [7, 11) is 3.89. The molecular formula is C23H21BrN4O3. The summed E-state index contributed by atoms with van der Waals surface area (Å²) in [6.07, 6.45) is 2.96. The van der Waals surface area contributed by atoms with Crippen molar-refractivity contribution in [2.24, 2.45) is 5.10 Å². The topological polar surface area (TPSA) is 86.9 Å². The van der Waals surface area contributed by atoms with E-state index in [1.165, 1.54) is 6.21 Å². The Morgan fingerprint density at radius 3 is 2.32 bits per heavy atom. The summed E-state index contributed by atoms with van der Waals surface area (Å²) in [6, 6.07) is 19.6. The van der Waals surface area contributed by atoms with Crippen LogP contribution in [0.15, 0.2) is 86.6 Å². The predicted octanol–water partition coefficient (Wildman–Crippen LogP) is 4.03. The van der Waals surface area contributed by atoms with Gasteiger partial charge in [0, 0.05) is 25.3 Å². The van der Waals surface area contributed by atoms with Gasteiger partial charge in [0.2, 0.25) is 0 Å². The van der Waals surface area contributed by atoms with E-state index in [2.05, 4.69) is 31.8 Å². The number of benzene rings is 2. The number of nitrogens with one attached hydrogen (secondary N) is 2. The summed E-state index contributed by atoms with van der Waals surface area (Å²) in [5.41, 5.74) is 4.68. The average Bonchev–Trinajstić information content (AvgIpc) is 3.19. The molecule has 0 radical (unpaired) electrons. The van der Waals surface area contributed by atoms with Gasteiger partial charge in [-0.3, -0.25) is 9.59 Å². The molecule has 2 aromatic carbocycles. The molecule has 0 aliphatic rings. The maximum Gasteiger partial charge on any atom is 0.287 e. The summed E-state index contributed by atoms with van der Waals surface area (Å²) in [4.78, 5) is 27.3. The zero-order chi connectivity index (χ0) is 22.2. The second-order valence-electron chi connectivity index (χ2n) is 6.71. The van der Waals surface area contributed by atoms with Crippen molar-refractivity contribution >= 4 is 45.7 Å². The molecule has 0 unspecified atom stereocenters. The molecule has 0 fully saturated rings. The fourth-order valence-electron chi connectivity index (χ4n) is 2.59. The van der Waals surface area contributed by atoms with Crippen LogP contribution in [0.1, 0.15) is 21.7 Å². The minimum atomic E-state index is -0.567. The second-order valence-corrected chi connectivity index (χ2v) is 7.49. The Balaban J connectivity index is 1.81. The SMILES string of the molecule is CN(C)c1ccc(/C=C(\NC(=O)c2ccccc2)C(=O)N/N=C/c2ccc(Br)o2)cc1. The quantitative estimate of drug-likeness (QED) is 0.303. The van der Waals surface area contributed by atoms with Crippen LogP contribution in [0.3, 0.4) is 0 Å². The number of hydrogen-bond acceptors (Lipinski definition) is 5. The normalized spacial score (nSPS) is 11.4. The van der Waals surface area contributed by atoms with Crippen LogP contribution >= 0.6 is 15.9 Å². The molecule has 0 aliphatic carbocycles. The standard InChI is InChI=1S/C23H21BrN4O3/c1-28(2)18-10-8-16(9-11-18)14-20(26-22(29)17-6-4-3-5-7-17)23(30)27-25-15-19-12-13-21(24)31-19/h3-15H,1-2H3,(H,26,29)(H,27,30)/b20-14-,25-15+. The first-order valence-electron chi connectivity index (χ1n) is 9.36. The monoisotopic (exact) mass is 480 g/mol. The van der Waals surface area contributed by atoms with Crippen molar-refractivity contribution in [2.75, 3.05) is 19.0 Å². The summed E-state index contributed by atoms with van der Waals surface area (Å²) >= 11 is 3.20. The Bertz CT molecular complexity index is 1100. The van der Waals surface area contributed by atoms with Crippen molar-refractivity contribution in [2.45, 2.75) is 0 Å². The van der Waals surface area contributed by atoms with Gasteiger partial charge in [0.15, 0.2) is 4.67 Å². The van der Waals surface area contributed by atoms with Gasteiger partial charge in [-0.05, 0) is 64.0 Å². The molecular weight excluding hydrogens is 460 g/mol. The highest BCUT2D eigenvalue weighted by Crippen LogP contribution is 2.15. The Morgan fingerprint density at radius 1 is 1.00 bits per heavy atom. The number of amides is 2. The highest BCUT2D eigenvalue weighted by Gasteiger charge is 2.14. The lowest BCUT2D eigenvalue weighted by Gasteiger charge is -2.12. The number of halogens is 1. The first-order chi connectivity index (χ1) is 14.9. The first-order valence-corrected chi connectivity index (χ1v) is 10.2. The van der Waals surface area contributed by atoms with Crippen molar-refractivity contribution in [3.8, 4) is 0 Å². The van der Waals surface area contributed by atoms with E-state index in [-0.39, 0.29) is 5.70 Å². The largest absolute Gasteiger partial charge is 0.448 e. The van der Waals surface area contributed by atoms with Gasteiger partial charge in [0.1, 0.15) is 11.5 Å². The number of nitrogens with zero attached hydrogens (tertiary/aromatic N) is 2. The van der Waals surface area contributed by atoms with Gasteiger partial charge in [0.05, 0.1) is 6.21 Å². The fourth-order valence-corrected chi connectivity index (χ4v) is 2.91. The van der Waals surface area contributed by atoms with E-state index in [0.717, 1.165) is 11.3 Å². The summed E-state index contributed by atoms with van der Waals surface area (Å²) in [5, 5.41) is 6.56. The van der Waals surface area contributed by atoms with E-state index in [1.807, 2.05) is 49.3 Å². The van der Waals surface area contributed by atoms with Crippen LogP contribution in [0, 0.1) is 0 Å². The van der Waals surface area contributed by atoms with Crippen LogP contribution < -0.4 is 15.6 Å². The maximum atomic E-state index is 12.7. The van der Waals surface area contributed by atoms with Crippen molar-refractivity contribution in [3.63, 3.8) is 0 Å². The van der Waals surface area contributed by atoms with Crippen molar-refractivity contribution in [1.29, 1.82) is 0 Å². The number of carbonyl (C=O) groups is 2. The Hall–Kier alpha value is -3.65. The lowest BCUT2D eigenvalue weighted by Crippen LogP contribution is -2.32. The molecule has 3 rings (SSSR count). The van der Waals surface area contributed by atoms with Gasteiger partial charge in [-0.15, -0.1) is 0 Å². The Kier molecular flexibility index (Phi) is 7.40. The summed E-state index contributed by atoms with van der Waals surface area (Å²) in [5.74, 6) is -0.501. The zero-order valence-electron chi connectivity index (χ0n) is 17.0. The molecule has 7 nitrogen and oxygen atoms in total. The molecule has 3 aromatic rings. The number of hydrogen-bond donors (Lipinski definition) is 2. The first kappa shape index (κ1) is 22.0. The molecule has 0 atom stereocenters. The molecule has 0 saturated heterocycles. The van der Waals surface area contributed by atoms with Crippen LogP contribution in [0.5, 0.6) is 0 Å². The third-order valence-corrected chi connectivity index (χ3v) is 4.63. The number of furan rings is 1. The maximum absolute atomic E-state index is 12.7. The molecule has 158 valence electrons. The Morgan fingerprint density at radius 2 is 1.71 bits per heavy atom. The van der Waals surface area contributed by atoms with Crippen LogP contribution in [0.2, 0.25) is 0 Å². The predicted molar refractivity (Wildman–Crippen MR) is 125 cm³/mol. The zero-order valence-corrected chi connectivity index (χ0v) is 18.6. The van der Waals surface area contributed by atoms with Gasteiger partial charge < -0.3 is 14.6 Å². The number of rotatable bonds is 7. The van der Waals surface area contributed by atoms with E-state index in [9.17, 15) is 9.59 Å². The highest BCUT2D eigenvalue weighted by atomic mass is 79.9. The van der Waals surface area contributed by atoms with E-state index in [1.54, 1.807) is 42.5 Å². The molecule has 2 amide bonds. The number of hydrazone groups is 1. The van der Waals surface area contributed by atoms with Crippen LogP contribution in [0.25, 0.3) is 6.08 Å². The molecule has 0 bridgehead atoms. The molecule has 31 heavy (non-hydrogen) atoms. The van der Waals surface area contributed by atoms with Crippen molar-refractivity contribution in [1.82, 2.24) is 10.7 Å². The van der Waals surface area contributed by atoms with E-state index < -0.39 is 11.8 Å². The van der Waals surface area contributed by atoms with E-state index in [0.29, 0.717) is 16.0 Å². The van der Waals surface area contributed by atoms with Gasteiger partial charge in [0.25, 0.3) is 11.8 Å². The van der Waals surface area contributed by atoms with Gasteiger partial charge >= 0.3 is 0 Å². The van der Waals surface area contributed by atoms with E-state index in [4.69, 9.17) is 4.42 Å². The Labute approximate surface area is 188 Å². The molecule has 1 heterocycles. The molecule has 8 heteroatoms. The van der Waals surface area contributed by atoms with E-state index >= 15 is 0 Å². The lowest BCUT2D eigenvalue weighted by atomic mass is 10.1. The fraction of sp³-hybridized carbons (Fsp3) is 0.0870. The van der Waals surface area contributed by atoms with Gasteiger partial charge in [-0.2, -0.15) is 5.10 Å². The van der Waals surface area contributed by atoms with Crippen LogP contribution in [0.4, 0.5) is 5.69 Å². The van der Waals surface area contributed by atoms with Crippen molar-refractivity contribution < 1.29 is 14.0 Å². The smallest absolute Gasteiger partial charge is 0.287 e. The minimum Gasteiger partial charge on any atom is -0.448 e.